The number of nitrogens with zero attached hydrogens (tertiary/aromatic N) is 1. The molecule has 0 aliphatic rings. The second kappa shape index (κ2) is 6.81. The van der Waals surface area contributed by atoms with Gasteiger partial charge in [-0.1, -0.05) is 0 Å². The maximum Gasteiger partial charge on any atom is 0.242 e. The van der Waals surface area contributed by atoms with Gasteiger partial charge in [0.25, 0.3) is 0 Å². The zero-order chi connectivity index (χ0) is 14.6. The summed E-state index contributed by atoms with van der Waals surface area (Å²) >= 11 is 4.60. The van der Waals surface area contributed by atoms with Crippen LogP contribution in [0.3, 0.4) is 0 Å². The Balaban J connectivity index is 1.91. The number of halogens is 1. The standard InChI is InChI=1S/C11H15BrN4O2S2/c12-11-9(6-8(7-13)19-11)20(17,18)16-3-1-2-10-14-4-5-15-10/h4-6,16H,1-3,7,13H2,(H,14,15). The van der Waals surface area contributed by atoms with Crippen molar-refractivity contribution in [2.45, 2.75) is 24.3 Å². The summed E-state index contributed by atoms with van der Waals surface area (Å²) in [4.78, 5) is 8.14. The van der Waals surface area contributed by atoms with Crippen molar-refractivity contribution in [3.63, 3.8) is 0 Å². The van der Waals surface area contributed by atoms with E-state index in [-0.39, 0.29) is 4.90 Å². The van der Waals surface area contributed by atoms with Gasteiger partial charge in [0, 0.05) is 36.8 Å². The van der Waals surface area contributed by atoms with Gasteiger partial charge in [-0.15, -0.1) is 11.3 Å². The fourth-order valence-corrected chi connectivity index (χ4v) is 5.29. The van der Waals surface area contributed by atoms with Crippen LogP contribution in [0.15, 0.2) is 27.1 Å². The van der Waals surface area contributed by atoms with Crippen LogP contribution < -0.4 is 10.5 Å². The third-order valence-electron chi connectivity index (χ3n) is 2.63. The number of nitrogens with two attached hydrogens (primary N) is 1. The fraction of sp³-hybridized carbons (Fsp3) is 0.364. The predicted octanol–water partition coefficient (Wildman–Crippen LogP) is 1.60. The van der Waals surface area contributed by atoms with Crippen LogP contribution in [0.1, 0.15) is 17.1 Å². The minimum atomic E-state index is -3.49. The maximum absolute atomic E-state index is 12.1. The van der Waals surface area contributed by atoms with Gasteiger partial charge in [-0.2, -0.15) is 0 Å². The molecule has 0 aliphatic carbocycles. The molecule has 6 nitrogen and oxygen atoms in total. The molecule has 0 saturated carbocycles. The van der Waals surface area contributed by atoms with Crippen molar-refractivity contribution in [2.24, 2.45) is 5.73 Å². The van der Waals surface area contributed by atoms with Crippen molar-refractivity contribution in [3.8, 4) is 0 Å². The van der Waals surface area contributed by atoms with Crippen molar-refractivity contribution in [1.82, 2.24) is 14.7 Å². The van der Waals surface area contributed by atoms with Gasteiger partial charge in [0.1, 0.15) is 10.7 Å². The lowest BCUT2D eigenvalue weighted by atomic mass is 10.3. The van der Waals surface area contributed by atoms with Crippen LogP contribution in [0.2, 0.25) is 0 Å². The highest BCUT2D eigenvalue weighted by atomic mass is 79.9. The second-order valence-electron chi connectivity index (χ2n) is 4.09. The summed E-state index contributed by atoms with van der Waals surface area (Å²) in [6, 6.07) is 1.60. The summed E-state index contributed by atoms with van der Waals surface area (Å²) in [5, 5.41) is 0. The minimum absolute atomic E-state index is 0.251. The Morgan fingerprint density at radius 2 is 2.30 bits per heavy atom. The number of H-pyrrole nitrogens is 1. The van der Waals surface area contributed by atoms with Gasteiger partial charge < -0.3 is 10.7 Å². The molecular weight excluding hydrogens is 364 g/mol. The van der Waals surface area contributed by atoms with E-state index < -0.39 is 10.0 Å². The molecule has 0 radical (unpaired) electrons. The predicted molar refractivity (Wildman–Crippen MR) is 82.0 cm³/mol. The lowest BCUT2D eigenvalue weighted by Gasteiger charge is -2.05. The number of aryl methyl sites for hydroxylation is 1. The quantitative estimate of drug-likeness (QED) is 0.636. The molecule has 0 saturated heterocycles. The molecule has 0 bridgehead atoms. The van der Waals surface area contributed by atoms with Crippen molar-refractivity contribution in [3.05, 3.63) is 32.9 Å². The summed E-state index contributed by atoms with van der Waals surface area (Å²) in [5.74, 6) is 0.853. The largest absolute Gasteiger partial charge is 0.349 e. The molecule has 0 aromatic carbocycles. The zero-order valence-electron chi connectivity index (χ0n) is 10.6. The van der Waals surface area contributed by atoms with Gasteiger partial charge in [0.15, 0.2) is 0 Å². The zero-order valence-corrected chi connectivity index (χ0v) is 13.8. The molecular formula is C11H15BrN4O2S2. The molecule has 2 aromatic rings. The number of imidazole rings is 1. The van der Waals surface area contributed by atoms with E-state index in [2.05, 4.69) is 30.6 Å². The highest BCUT2D eigenvalue weighted by Gasteiger charge is 2.20. The van der Waals surface area contributed by atoms with Gasteiger partial charge >= 0.3 is 0 Å². The number of hydrogen-bond acceptors (Lipinski definition) is 5. The lowest BCUT2D eigenvalue weighted by molar-refractivity contribution is 0.578. The normalized spacial score (nSPS) is 11.9. The lowest BCUT2D eigenvalue weighted by Crippen LogP contribution is -2.25. The highest BCUT2D eigenvalue weighted by molar-refractivity contribution is 9.11. The van der Waals surface area contributed by atoms with Crippen molar-refractivity contribution < 1.29 is 8.42 Å². The van der Waals surface area contributed by atoms with Crippen LogP contribution in [0.25, 0.3) is 0 Å². The monoisotopic (exact) mass is 378 g/mol. The molecule has 0 atom stereocenters. The van der Waals surface area contributed by atoms with Gasteiger partial charge in [-0.25, -0.2) is 18.1 Å². The minimum Gasteiger partial charge on any atom is -0.349 e. The summed E-state index contributed by atoms with van der Waals surface area (Å²) in [7, 11) is -3.49. The molecule has 0 amide bonds. The van der Waals surface area contributed by atoms with E-state index in [1.165, 1.54) is 11.3 Å². The first-order chi connectivity index (χ1) is 9.53. The Bertz CT molecular complexity index is 652. The Morgan fingerprint density at radius 1 is 1.50 bits per heavy atom. The number of sulfonamides is 1. The Hall–Kier alpha value is -0.740. The molecule has 0 fully saturated rings. The highest BCUT2D eigenvalue weighted by Crippen LogP contribution is 2.31. The van der Waals surface area contributed by atoms with E-state index in [1.807, 2.05) is 0 Å². The van der Waals surface area contributed by atoms with Crippen molar-refractivity contribution in [1.29, 1.82) is 0 Å². The second-order valence-corrected chi connectivity index (χ2v) is 8.28. The van der Waals surface area contributed by atoms with Gasteiger partial charge in [0.2, 0.25) is 10.0 Å². The molecule has 4 N–H and O–H groups in total. The van der Waals surface area contributed by atoms with Crippen molar-refractivity contribution in [2.75, 3.05) is 6.54 Å². The Labute approximate surface area is 130 Å². The number of hydrogen-bond donors (Lipinski definition) is 3. The third-order valence-corrected chi connectivity index (χ3v) is 6.37. The average molecular weight is 379 g/mol. The number of aromatic nitrogens is 2. The van der Waals surface area contributed by atoms with Crippen LogP contribution in [-0.4, -0.2) is 24.9 Å². The average Bonchev–Trinajstić information content (AvgIpc) is 3.04. The van der Waals surface area contributed by atoms with E-state index >= 15 is 0 Å². The topological polar surface area (TPSA) is 101 Å². The van der Waals surface area contributed by atoms with Crippen LogP contribution in [-0.2, 0) is 23.0 Å². The van der Waals surface area contributed by atoms with E-state index in [0.717, 1.165) is 10.7 Å². The third kappa shape index (κ3) is 3.89. The van der Waals surface area contributed by atoms with E-state index in [0.29, 0.717) is 29.7 Å². The first kappa shape index (κ1) is 15.6. The van der Waals surface area contributed by atoms with Crippen LogP contribution in [0.5, 0.6) is 0 Å². The molecule has 2 rings (SSSR count). The molecule has 0 aliphatic heterocycles. The molecule has 110 valence electrons. The molecule has 9 heteroatoms. The summed E-state index contributed by atoms with van der Waals surface area (Å²) in [5.41, 5.74) is 5.52. The smallest absolute Gasteiger partial charge is 0.242 e. The first-order valence-corrected chi connectivity index (χ1v) is 9.08. The number of nitrogens with one attached hydrogen (secondary N) is 2. The van der Waals surface area contributed by atoms with Crippen LogP contribution in [0, 0.1) is 0 Å². The number of rotatable bonds is 7. The van der Waals surface area contributed by atoms with E-state index in [1.54, 1.807) is 18.5 Å². The Kier molecular flexibility index (Phi) is 5.33. The van der Waals surface area contributed by atoms with Gasteiger partial charge in [0.05, 0.1) is 3.79 Å². The van der Waals surface area contributed by atoms with E-state index in [4.69, 9.17) is 5.73 Å². The summed E-state index contributed by atoms with van der Waals surface area (Å²) in [6.45, 7) is 0.695. The SMILES string of the molecule is NCc1cc(S(=O)(=O)NCCCc2ncc[nH]2)c(Br)s1. The number of aromatic amines is 1. The molecule has 0 spiro atoms. The summed E-state index contributed by atoms with van der Waals surface area (Å²) < 4.78 is 27.5. The van der Waals surface area contributed by atoms with Crippen molar-refractivity contribution >= 4 is 37.3 Å². The van der Waals surface area contributed by atoms with Crippen LogP contribution >= 0.6 is 27.3 Å². The van der Waals surface area contributed by atoms with Gasteiger partial charge in [-0.05, 0) is 28.4 Å². The Morgan fingerprint density at radius 3 is 2.90 bits per heavy atom. The molecule has 20 heavy (non-hydrogen) atoms. The molecule has 2 heterocycles. The fourth-order valence-electron chi connectivity index (χ4n) is 1.66. The van der Waals surface area contributed by atoms with Crippen LogP contribution in [0.4, 0.5) is 0 Å². The first-order valence-electron chi connectivity index (χ1n) is 5.99. The summed E-state index contributed by atoms with van der Waals surface area (Å²) in [6.07, 6.45) is 4.80. The molecule has 0 unspecified atom stereocenters. The number of thiophene rings is 1. The molecule has 2 aromatic heterocycles. The maximum atomic E-state index is 12.1. The van der Waals surface area contributed by atoms with Gasteiger partial charge in [-0.3, -0.25) is 0 Å². The van der Waals surface area contributed by atoms with E-state index in [9.17, 15) is 8.42 Å².